The van der Waals surface area contributed by atoms with Gasteiger partial charge in [-0.3, -0.25) is 0 Å². The third-order valence-corrected chi connectivity index (χ3v) is 4.53. The van der Waals surface area contributed by atoms with Gasteiger partial charge in [0.25, 0.3) is 5.22 Å². The Balaban J connectivity index is 1.87. The molecule has 0 aromatic carbocycles. The summed E-state index contributed by atoms with van der Waals surface area (Å²) in [6.07, 6.45) is 2.32. The van der Waals surface area contributed by atoms with Crippen LogP contribution in [-0.4, -0.2) is 36.5 Å². The summed E-state index contributed by atoms with van der Waals surface area (Å²) in [5, 5.41) is 4.42. The van der Waals surface area contributed by atoms with Gasteiger partial charge in [-0.05, 0) is 33.2 Å². The molecule has 0 radical (unpaired) electrons. The number of ether oxygens (including phenoxy) is 1. The Bertz CT molecular complexity index is 369. The van der Waals surface area contributed by atoms with Crippen LogP contribution in [0.1, 0.15) is 31.2 Å². The fraction of sp³-hybridized carbons (Fsp3) is 0.786. The molecule has 1 fully saturated rings. The number of aromatic nitrogens is 1. The van der Waals surface area contributed by atoms with Gasteiger partial charge in [0.1, 0.15) is 5.76 Å². The molecule has 19 heavy (non-hydrogen) atoms. The molecule has 0 spiro atoms. The first kappa shape index (κ1) is 14.9. The van der Waals surface area contributed by atoms with Gasteiger partial charge in [-0.2, -0.15) is 0 Å². The van der Waals surface area contributed by atoms with Crippen molar-refractivity contribution < 1.29 is 9.15 Å². The maximum atomic E-state index is 5.62. The number of thioether (sulfide) groups is 1. The fourth-order valence-corrected chi connectivity index (χ4v) is 3.33. The van der Waals surface area contributed by atoms with E-state index in [9.17, 15) is 0 Å². The van der Waals surface area contributed by atoms with E-state index < -0.39 is 0 Å². The van der Waals surface area contributed by atoms with Crippen molar-refractivity contribution >= 4 is 11.8 Å². The molecule has 1 aromatic rings. The first-order valence-electron chi connectivity index (χ1n) is 7.08. The van der Waals surface area contributed by atoms with Gasteiger partial charge in [-0.25, -0.2) is 4.98 Å². The molecule has 1 N–H and O–H groups in total. The van der Waals surface area contributed by atoms with Crippen molar-refractivity contribution in [1.82, 2.24) is 10.3 Å². The van der Waals surface area contributed by atoms with E-state index in [0.717, 1.165) is 55.0 Å². The summed E-state index contributed by atoms with van der Waals surface area (Å²) < 4.78 is 11.1. The summed E-state index contributed by atoms with van der Waals surface area (Å²) in [5.41, 5.74) is 0.991. The maximum Gasteiger partial charge on any atom is 0.256 e. The van der Waals surface area contributed by atoms with E-state index in [1.54, 1.807) is 11.8 Å². The van der Waals surface area contributed by atoms with Crippen LogP contribution >= 0.6 is 11.8 Å². The third-order valence-electron chi connectivity index (χ3n) is 3.59. The first-order chi connectivity index (χ1) is 9.20. The lowest BCUT2D eigenvalue weighted by Crippen LogP contribution is -2.39. The summed E-state index contributed by atoms with van der Waals surface area (Å²) in [6.45, 7) is 8.99. The van der Waals surface area contributed by atoms with Crippen LogP contribution < -0.4 is 5.32 Å². The molecule has 2 atom stereocenters. The Labute approximate surface area is 119 Å². The molecule has 4 nitrogen and oxygen atoms in total. The Morgan fingerprint density at radius 3 is 2.89 bits per heavy atom. The van der Waals surface area contributed by atoms with E-state index in [-0.39, 0.29) is 0 Å². The van der Waals surface area contributed by atoms with Crippen LogP contribution in [0.5, 0.6) is 0 Å². The van der Waals surface area contributed by atoms with Crippen LogP contribution in [0.15, 0.2) is 9.64 Å². The SMILES string of the molecule is CCCNC(CSc1nc(C)c(C)o1)C1CCOC1. The van der Waals surface area contributed by atoms with Crippen LogP contribution in [0.25, 0.3) is 0 Å². The van der Waals surface area contributed by atoms with Crippen molar-refractivity contribution in [3.05, 3.63) is 11.5 Å². The summed E-state index contributed by atoms with van der Waals surface area (Å²) in [6, 6.07) is 0.486. The Kier molecular flexibility index (Phi) is 5.73. The molecule has 1 aliphatic rings. The van der Waals surface area contributed by atoms with Gasteiger partial charge in [0.2, 0.25) is 0 Å². The second-order valence-corrected chi connectivity index (χ2v) is 6.09. The first-order valence-corrected chi connectivity index (χ1v) is 8.07. The molecule has 1 aromatic heterocycles. The summed E-state index contributed by atoms with van der Waals surface area (Å²) in [7, 11) is 0. The summed E-state index contributed by atoms with van der Waals surface area (Å²) in [4.78, 5) is 4.43. The van der Waals surface area contributed by atoms with E-state index in [1.165, 1.54) is 0 Å². The van der Waals surface area contributed by atoms with Crippen LogP contribution in [0.3, 0.4) is 0 Å². The lowest BCUT2D eigenvalue weighted by molar-refractivity contribution is 0.179. The van der Waals surface area contributed by atoms with Gasteiger partial charge in [0.15, 0.2) is 0 Å². The Hall–Kier alpha value is -0.520. The number of oxazole rings is 1. The topological polar surface area (TPSA) is 47.3 Å². The zero-order valence-corrected chi connectivity index (χ0v) is 12.9. The van der Waals surface area contributed by atoms with Gasteiger partial charge in [0.05, 0.1) is 12.3 Å². The fourth-order valence-electron chi connectivity index (χ4n) is 2.23. The maximum absolute atomic E-state index is 5.62. The number of rotatable bonds is 7. The van der Waals surface area contributed by atoms with Gasteiger partial charge in [-0.1, -0.05) is 18.7 Å². The zero-order chi connectivity index (χ0) is 13.7. The van der Waals surface area contributed by atoms with Crippen molar-refractivity contribution in [2.75, 3.05) is 25.5 Å². The average Bonchev–Trinajstić information content (AvgIpc) is 3.01. The number of hydrogen-bond acceptors (Lipinski definition) is 5. The highest BCUT2D eigenvalue weighted by Gasteiger charge is 2.25. The Morgan fingerprint density at radius 2 is 2.32 bits per heavy atom. The predicted octanol–water partition coefficient (Wildman–Crippen LogP) is 2.79. The van der Waals surface area contributed by atoms with Gasteiger partial charge in [0, 0.05) is 24.3 Å². The van der Waals surface area contributed by atoms with Crippen LogP contribution in [-0.2, 0) is 4.74 Å². The molecule has 2 unspecified atom stereocenters. The number of aryl methyl sites for hydroxylation is 2. The molecule has 108 valence electrons. The van der Waals surface area contributed by atoms with Crippen molar-refractivity contribution in [3.8, 4) is 0 Å². The smallest absolute Gasteiger partial charge is 0.256 e. The van der Waals surface area contributed by atoms with E-state index in [1.807, 2.05) is 13.8 Å². The molecular weight excluding hydrogens is 260 g/mol. The molecule has 1 aliphatic heterocycles. The largest absolute Gasteiger partial charge is 0.437 e. The van der Waals surface area contributed by atoms with Crippen LogP contribution in [0, 0.1) is 19.8 Å². The molecule has 0 amide bonds. The van der Waals surface area contributed by atoms with Crippen molar-refractivity contribution in [3.63, 3.8) is 0 Å². The van der Waals surface area contributed by atoms with E-state index in [0.29, 0.717) is 12.0 Å². The highest BCUT2D eigenvalue weighted by molar-refractivity contribution is 7.99. The monoisotopic (exact) mass is 284 g/mol. The number of nitrogens with one attached hydrogen (secondary N) is 1. The minimum Gasteiger partial charge on any atom is -0.437 e. The van der Waals surface area contributed by atoms with E-state index in [2.05, 4.69) is 17.2 Å². The van der Waals surface area contributed by atoms with Gasteiger partial charge < -0.3 is 14.5 Å². The lowest BCUT2D eigenvalue weighted by Gasteiger charge is -2.22. The normalized spacial score (nSPS) is 20.9. The molecule has 1 saturated heterocycles. The molecule has 0 aliphatic carbocycles. The highest BCUT2D eigenvalue weighted by atomic mass is 32.2. The zero-order valence-electron chi connectivity index (χ0n) is 12.1. The predicted molar refractivity (Wildman–Crippen MR) is 77.7 cm³/mol. The lowest BCUT2D eigenvalue weighted by atomic mass is 10.0. The van der Waals surface area contributed by atoms with Crippen molar-refractivity contribution in [2.24, 2.45) is 5.92 Å². The van der Waals surface area contributed by atoms with Crippen molar-refractivity contribution in [1.29, 1.82) is 0 Å². The standard InChI is InChI=1S/C14H24N2O2S/c1-4-6-15-13(12-5-7-17-8-12)9-19-14-16-10(2)11(3)18-14/h12-13,15H,4-9H2,1-3H3. The number of hydrogen-bond donors (Lipinski definition) is 1. The second kappa shape index (κ2) is 7.31. The second-order valence-electron chi connectivity index (χ2n) is 5.12. The quantitative estimate of drug-likeness (QED) is 0.780. The van der Waals surface area contributed by atoms with E-state index >= 15 is 0 Å². The highest BCUT2D eigenvalue weighted by Crippen LogP contribution is 2.25. The van der Waals surface area contributed by atoms with Crippen LogP contribution in [0.4, 0.5) is 0 Å². The molecule has 0 bridgehead atoms. The molecule has 2 rings (SSSR count). The average molecular weight is 284 g/mol. The molecule has 2 heterocycles. The minimum atomic E-state index is 0.486. The Morgan fingerprint density at radius 1 is 1.47 bits per heavy atom. The van der Waals surface area contributed by atoms with E-state index in [4.69, 9.17) is 9.15 Å². The number of nitrogens with zero attached hydrogens (tertiary/aromatic N) is 1. The summed E-state index contributed by atoms with van der Waals surface area (Å²) >= 11 is 1.70. The minimum absolute atomic E-state index is 0.486. The molecular formula is C14H24N2O2S. The van der Waals surface area contributed by atoms with Crippen LogP contribution in [0.2, 0.25) is 0 Å². The molecule has 0 saturated carbocycles. The van der Waals surface area contributed by atoms with Gasteiger partial charge in [-0.15, -0.1) is 0 Å². The van der Waals surface area contributed by atoms with Crippen molar-refractivity contribution in [2.45, 2.75) is 44.9 Å². The third kappa shape index (κ3) is 4.23. The summed E-state index contributed by atoms with van der Waals surface area (Å²) in [5.74, 6) is 2.54. The van der Waals surface area contributed by atoms with Gasteiger partial charge >= 0.3 is 0 Å². The molecule has 5 heteroatoms.